The zero-order chi connectivity index (χ0) is 25.6. The second-order valence-electron chi connectivity index (χ2n) is 8.92. The fraction of sp³-hybridized carbons (Fsp3) is 0.250. The zero-order valence-corrected chi connectivity index (χ0v) is 21.3. The Bertz CT molecular complexity index is 1510. The second kappa shape index (κ2) is 9.28. The summed E-state index contributed by atoms with van der Waals surface area (Å²) < 4.78 is 12.2. The van der Waals surface area contributed by atoms with E-state index in [2.05, 4.69) is 0 Å². The van der Waals surface area contributed by atoms with E-state index in [9.17, 15) is 14.7 Å². The summed E-state index contributed by atoms with van der Waals surface area (Å²) in [7, 11) is 0. The first-order valence-electron chi connectivity index (χ1n) is 11.8. The minimum absolute atomic E-state index is 0.0382. The predicted octanol–water partition coefficient (Wildman–Crippen LogP) is 6.39. The first-order valence-corrected chi connectivity index (χ1v) is 12.6. The number of fused-ring (bicyclic) bond motifs is 1. The molecular weight excluding hydrogens is 476 g/mol. The van der Waals surface area contributed by atoms with Gasteiger partial charge >= 0.3 is 0 Å². The van der Waals surface area contributed by atoms with Crippen LogP contribution in [0.4, 0.5) is 5.13 Å². The highest BCUT2D eigenvalue weighted by molar-refractivity contribution is 7.22. The van der Waals surface area contributed by atoms with Gasteiger partial charge in [-0.15, -0.1) is 0 Å². The first kappa shape index (κ1) is 23.8. The minimum Gasteiger partial charge on any atom is -0.503 e. The Labute approximate surface area is 212 Å². The van der Waals surface area contributed by atoms with Crippen molar-refractivity contribution in [2.45, 2.75) is 40.2 Å². The molecular formula is C28H26N2O5S. The molecule has 0 fully saturated rings. The number of furan rings is 1. The lowest BCUT2D eigenvalue weighted by atomic mass is 9.95. The third-order valence-electron chi connectivity index (χ3n) is 6.11. The number of carbonyl (C=O) groups is 2. The Kier molecular flexibility index (Phi) is 6.14. The molecule has 1 aliphatic heterocycles. The van der Waals surface area contributed by atoms with Gasteiger partial charge in [-0.3, -0.25) is 14.5 Å². The predicted molar refractivity (Wildman–Crippen MR) is 139 cm³/mol. The zero-order valence-electron chi connectivity index (χ0n) is 20.5. The molecule has 1 aliphatic rings. The minimum atomic E-state index is -0.877. The van der Waals surface area contributed by atoms with E-state index in [-0.39, 0.29) is 11.3 Å². The monoisotopic (exact) mass is 502 g/mol. The number of anilines is 1. The highest BCUT2D eigenvalue weighted by Gasteiger charge is 2.46. The molecule has 1 atom stereocenters. The Morgan fingerprint density at radius 2 is 1.89 bits per heavy atom. The highest BCUT2D eigenvalue weighted by Crippen LogP contribution is 2.45. The molecule has 1 unspecified atom stereocenters. The van der Waals surface area contributed by atoms with Crippen molar-refractivity contribution in [1.82, 2.24) is 4.98 Å². The van der Waals surface area contributed by atoms with Crippen molar-refractivity contribution in [2.24, 2.45) is 0 Å². The second-order valence-corrected chi connectivity index (χ2v) is 9.93. The molecule has 184 valence electrons. The molecule has 2 aromatic heterocycles. The van der Waals surface area contributed by atoms with E-state index in [0.717, 1.165) is 27.8 Å². The molecule has 0 bridgehead atoms. The van der Waals surface area contributed by atoms with Crippen LogP contribution in [0.2, 0.25) is 0 Å². The highest BCUT2D eigenvalue weighted by atomic mass is 32.1. The number of aromatic nitrogens is 1. The van der Waals surface area contributed by atoms with E-state index in [1.165, 1.54) is 16.2 Å². The molecule has 3 heterocycles. The van der Waals surface area contributed by atoms with Crippen molar-refractivity contribution in [3.8, 4) is 5.75 Å². The van der Waals surface area contributed by atoms with Crippen LogP contribution in [0, 0.1) is 20.8 Å². The van der Waals surface area contributed by atoms with E-state index in [1.807, 2.05) is 32.9 Å². The molecule has 8 heteroatoms. The molecule has 0 aliphatic carbocycles. The lowest BCUT2D eigenvalue weighted by molar-refractivity contribution is -0.117. The van der Waals surface area contributed by atoms with E-state index < -0.39 is 23.5 Å². The van der Waals surface area contributed by atoms with Crippen LogP contribution >= 0.6 is 11.3 Å². The van der Waals surface area contributed by atoms with E-state index in [1.54, 1.807) is 43.3 Å². The van der Waals surface area contributed by atoms with Gasteiger partial charge in [0.1, 0.15) is 11.5 Å². The van der Waals surface area contributed by atoms with Gasteiger partial charge in [0.2, 0.25) is 5.78 Å². The van der Waals surface area contributed by atoms with Crippen LogP contribution in [0.5, 0.6) is 5.75 Å². The SMILES string of the molecule is CCCOc1ccc(C2C(C(=O)c3ccc(C)o3)=C(O)C(=O)N2c2nc3c(C)cc(C)cc3s2)cc1. The van der Waals surface area contributed by atoms with Gasteiger partial charge in [0.25, 0.3) is 5.91 Å². The van der Waals surface area contributed by atoms with Crippen LogP contribution in [0.25, 0.3) is 10.2 Å². The number of aryl methyl sites for hydroxylation is 3. The Morgan fingerprint density at radius 3 is 2.56 bits per heavy atom. The summed E-state index contributed by atoms with van der Waals surface area (Å²) in [5.41, 5.74) is 3.48. The Hall–Kier alpha value is -3.91. The molecule has 0 saturated heterocycles. The van der Waals surface area contributed by atoms with Crippen molar-refractivity contribution in [3.63, 3.8) is 0 Å². The topological polar surface area (TPSA) is 92.9 Å². The molecule has 2 aromatic carbocycles. The molecule has 1 amide bonds. The number of Topliss-reactive ketones (excluding diaryl/α,β-unsaturated/α-hetero) is 1. The molecule has 7 nitrogen and oxygen atoms in total. The summed E-state index contributed by atoms with van der Waals surface area (Å²) in [6.07, 6.45) is 0.876. The van der Waals surface area contributed by atoms with E-state index in [4.69, 9.17) is 14.1 Å². The Balaban J connectivity index is 1.64. The van der Waals surface area contributed by atoms with Crippen LogP contribution < -0.4 is 9.64 Å². The van der Waals surface area contributed by atoms with E-state index >= 15 is 0 Å². The fourth-order valence-electron chi connectivity index (χ4n) is 4.47. The maximum absolute atomic E-state index is 13.5. The lowest BCUT2D eigenvalue weighted by Gasteiger charge is -2.24. The summed E-state index contributed by atoms with van der Waals surface area (Å²) >= 11 is 1.35. The van der Waals surface area contributed by atoms with Crippen molar-refractivity contribution in [2.75, 3.05) is 11.5 Å². The quantitative estimate of drug-likeness (QED) is 0.295. The van der Waals surface area contributed by atoms with Gasteiger partial charge in [0.15, 0.2) is 16.7 Å². The number of rotatable bonds is 7. The summed E-state index contributed by atoms with van der Waals surface area (Å²) in [5, 5.41) is 11.4. The average Bonchev–Trinajstić information content (AvgIpc) is 3.54. The van der Waals surface area contributed by atoms with Gasteiger partial charge in [-0.1, -0.05) is 36.5 Å². The van der Waals surface area contributed by atoms with Crippen molar-refractivity contribution >= 4 is 38.4 Å². The third kappa shape index (κ3) is 4.07. The number of aliphatic hydroxyl groups is 1. The van der Waals surface area contributed by atoms with Gasteiger partial charge in [-0.05, 0) is 74.2 Å². The van der Waals surface area contributed by atoms with Crippen molar-refractivity contribution in [3.05, 3.63) is 88.1 Å². The molecule has 5 rings (SSSR count). The van der Waals surface area contributed by atoms with Crippen LogP contribution in [-0.4, -0.2) is 28.4 Å². The molecule has 1 N–H and O–H groups in total. The maximum atomic E-state index is 13.5. The van der Waals surface area contributed by atoms with Crippen LogP contribution in [0.1, 0.15) is 52.4 Å². The van der Waals surface area contributed by atoms with Crippen molar-refractivity contribution in [1.29, 1.82) is 0 Å². The fourth-order valence-corrected chi connectivity index (χ4v) is 5.64. The van der Waals surface area contributed by atoms with Crippen molar-refractivity contribution < 1.29 is 23.8 Å². The number of hydrogen-bond donors (Lipinski definition) is 1. The Morgan fingerprint density at radius 1 is 1.14 bits per heavy atom. The molecule has 36 heavy (non-hydrogen) atoms. The summed E-state index contributed by atoms with van der Waals surface area (Å²) in [4.78, 5) is 33.1. The number of aliphatic hydroxyl groups excluding tert-OH is 1. The lowest BCUT2D eigenvalue weighted by Crippen LogP contribution is -2.30. The number of carbonyl (C=O) groups excluding carboxylic acids is 2. The van der Waals surface area contributed by atoms with Gasteiger partial charge < -0.3 is 14.3 Å². The molecule has 0 radical (unpaired) electrons. The number of thiazole rings is 1. The summed E-state index contributed by atoms with van der Waals surface area (Å²) in [6.45, 7) is 8.32. The van der Waals surface area contributed by atoms with Crippen LogP contribution in [-0.2, 0) is 4.79 Å². The largest absolute Gasteiger partial charge is 0.503 e. The normalized spacial score (nSPS) is 15.8. The van der Waals surface area contributed by atoms with Crippen LogP contribution in [0.3, 0.4) is 0 Å². The molecule has 0 saturated carbocycles. The number of benzene rings is 2. The number of ether oxygens (including phenoxy) is 1. The first-order chi connectivity index (χ1) is 17.3. The summed E-state index contributed by atoms with van der Waals surface area (Å²) in [6, 6.07) is 13.6. The van der Waals surface area contributed by atoms with Gasteiger partial charge in [-0.2, -0.15) is 0 Å². The van der Waals surface area contributed by atoms with E-state index in [0.29, 0.717) is 28.8 Å². The number of hydrogen-bond acceptors (Lipinski definition) is 7. The summed E-state index contributed by atoms with van der Waals surface area (Å²) in [5.74, 6) is -0.506. The van der Waals surface area contributed by atoms with Gasteiger partial charge in [0, 0.05) is 0 Å². The number of amides is 1. The maximum Gasteiger partial charge on any atom is 0.296 e. The van der Waals surface area contributed by atoms with Gasteiger partial charge in [0.05, 0.1) is 28.4 Å². The molecule has 0 spiro atoms. The number of ketones is 1. The smallest absolute Gasteiger partial charge is 0.296 e. The molecule has 4 aromatic rings. The number of nitrogens with zero attached hydrogens (tertiary/aromatic N) is 2. The average molecular weight is 503 g/mol. The standard InChI is InChI=1S/C28H26N2O5S/c1-5-12-34-19-9-7-18(8-10-19)24-22(25(31)20-11-6-17(4)35-20)26(32)27(33)30(24)28-29-23-16(3)13-15(2)14-21(23)36-28/h6-11,13-14,24,32H,5,12H2,1-4H3. The third-order valence-corrected chi connectivity index (χ3v) is 7.11. The van der Waals surface area contributed by atoms with Gasteiger partial charge in [-0.25, -0.2) is 4.98 Å². The van der Waals surface area contributed by atoms with Crippen LogP contribution in [0.15, 0.2) is 64.3 Å².